The molecular formula is C11H9N3O. The normalized spacial score (nSPS) is 9.60. The standard InChI is InChI=1S/C11H9N3O/c1-15-10-5-3-2-4-9(10)11-13-7-8(6-12)14-11/h2-5,7H,1H3,(H,13,14). The van der Waals surface area contributed by atoms with Crippen LogP contribution in [0, 0.1) is 11.3 Å². The number of aromatic amines is 1. The number of hydrogen-bond acceptors (Lipinski definition) is 3. The molecule has 0 saturated carbocycles. The van der Waals surface area contributed by atoms with Gasteiger partial charge in [-0.25, -0.2) is 4.98 Å². The van der Waals surface area contributed by atoms with E-state index in [0.717, 1.165) is 11.3 Å². The molecule has 0 aliphatic heterocycles. The lowest BCUT2D eigenvalue weighted by Gasteiger charge is -2.04. The summed E-state index contributed by atoms with van der Waals surface area (Å²) in [6.07, 6.45) is 1.50. The molecule has 0 amide bonds. The van der Waals surface area contributed by atoms with Crippen molar-refractivity contribution in [3.05, 3.63) is 36.2 Å². The highest BCUT2D eigenvalue weighted by atomic mass is 16.5. The summed E-state index contributed by atoms with van der Waals surface area (Å²) in [7, 11) is 1.60. The molecule has 1 aromatic heterocycles. The molecule has 15 heavy (non-hydrogen) atoms. The maximum absolute atomic E-state index is 8.67. The topological polar surface area (TPSA) is 61.7 Å². The Kier molecular flexibility index (Phi) is 2.38. The molecule has 1 heterocycles. The van der Waals surface area contributed by atoms with Crippen LogP contribution in [0.3, 0.4) is 0 Å². The molecule has 2 rings (SSSR count). The van der Waals surface area contributed by atoms with E-state index in [-0.39, 0.29) is 0 Å². The van der Waals surface area contributed by atoms with Gasteiger partial charge in [0.05, 0.1) is 18.9 Å². The van der Waals surface area contributed by atoms with E-state index in [1.54, 1.807) is 7.11 Å². The van der Waals surface area contributed by atoms with Gasteiger partial charge in [-0.3, -0.25) is 0 Å². The number of aromatic nitrogens is 2. The van der Waals surface area contributed by atoms with E-state index in [4.69, 9.17) is 10.00 Å². The Labute approximate surface area is 87.2 Å². The minimum absolute atomic E-state index is 0.441. The number of ether oxygens (including phenoxy) is 1. The Bertz CT molecular complexity index is 511. The quantitative estimate of drug-likeness (QED) is 0.804. The van der Waals surface area contributed by atoms with Crippen molar-refractivity contribution < 1.29 is 4.74 Å². The van der Waals surface area contributed by atoms with Gasteiger partial charge in [-0.15, -0.1) is 0 Å². The second-order valence-corrected chi connectivity index (χ2v) is 2.96. The van der Waals surface area contributed by atoms with Gasteiger partial charge in [-0.1, -0.05) is 12.1 Å². The molecule has 74 valence electrons. The zero-order chi connectivity index (χ0) is 10.7. The molecule has 1 N–H and O–H groups in total. The highest BCUT2D eigenvalue weighted by molar-refractivity contribution is 5.64. The molecule has 0 aliphatic carbocycles. The number of imidazole rings is 1. The van der Waals surface area contributed by atoms with Crippen molar-refractivity contribution in [3.63, 3.8) is 0 Å². The first kappa shape index (κ1) is 9.28. The molecule has 1 aromatic carbocycles. The highest BCUT2D eigenvalue weighted by Gasteiger charge is 2.07. The minimum atomic E-state index is 0.441. The van der Waals surface area contributed by atoms with E-state index in [1.807, 2.05) is 30.3 Å². The summed E-state index contributed by atoms with van der Waals surface area (Å²) in [5, 5.41) is 8.67. The summed E-state index contributed by atoms with van der Waals surface area (Å²) in [4.78, 5) is 7.01. The third-order valence-electron chi connectivity index (χ3n) is 2.06. The smallest absolute Gasteiger partial charge is 0.142 e. The lowest BCUT2D eigenvalue weighted by atomic mass is 10.2. The summed E-state index contributed by atoms with van der Waals surface area (Å²) >= 11 is 0. The molecule has 4 nitrogen and oxygen atoms in total. The van der Waals surface area contributed by atoms with Crippen molar-refractivity contribution in [2.24, 2.45) is 0 Å². The second kappa shape index (κ2) is 3.84. The molecule has 0 atom stereocenters. The molecule has 0 spiro atoms. The fourth-order valence-electron chi connectivity index (χ4n) is 1.36. The number of benzene rings is 1. The van der Waals surface area contributed by atoms with Gasteiger partial charge in [0.25, 0.3) is 0 Å². The van der Waals surface area contributed by atoms with Gasteiger partial charge < -0.3 is 9.72 Å². The Balaban J connectivity index is 2.49. The van der Waals surface area contributed by atoms with Crippen LogP contribution in [-0.2, 0) is 0 Å². The molecule has 0 saturated heterocycles. The molecule has 0 unspecified atom stereocenters. The number of methoxy groups -OCH3 is 1. The number of hydrogen-bond donors (Lipinski definition) is 1. The van der Waals surface area contributed by atoms with Crippen LogP contribution in [0.1, 0.15) is 5.69 Å². The van der Waals surface area contributed by atoms with E-state index < -0.39 is 0 Å². The van der Waals surface area contributed by atoms with Crippen molar-refractivity contribution in [1.82, 2.24) is 9.97 Å². The zero-order valence-corrected chi connectivity index (χ0v) is 8.19. The number of rotatable bonds is 2. The van der Waals surface area contributed by atoms with Gasteiger partial charge in [-0.05, 0) is 12.1 Å². The monoisotopic (exact) mass is 199 g/mol. The van der Waals surface area contributed by atoms with Crippen LogP contribution in [0.2, 0.25) is 0 Å². The van der Waals surface area contributed by atoms with Crippen LogP contribution >= 0.6 is 0 Å². The van der Waals surface area contributed by atoms with Gasteiger partial charge in [-0.2, -0.15) is 5.26 Å². The van der Waals surface area contributed by atoms with Crippen molar-refractivity contribution in [2.75, 3.05) is 7.11 Å². The van der Waals surface area contributed by atoms with E-state index in [9.17, 15) is 0 Å². The van der Waals surface area contributed by atoms with Crippen LogP contribution in [0.25, 0.3) is 11.4 Å². The summed E-state index contributed by atoms with van der Waals surface area (Å²) in [6.45, 7) is 0. The largest absolute Gasteiger partial charge is 0.496 e. The van der Waals surface area contributed by atoms with E-state index in [1.165, 1.54) is 6.20 Å². The maximum atomic E-state index is 8.67. The number of para-hydroxylation sites is 1. The van der Waals surface area contributed by atoms with Crippen LogP contribution < -0.4 is 4.74 Å². The molecule has 4 heteroatoms. The number of nitrogens with zero attached hydrogens (tertiary/aromatic N) is 2. The van der Waals surface area contributed by atoms with Gasteiger partial charge in [0.1, 0.15) is 23.3 Å². The van der Waals surface area contributed by atoms with Crippen molar-refractivity contribution in [1.29, 1.82) is 5.26 Å². The fourth-order valence-corrected chi connectivity index (χ4v) is 1.36. The minimum Gasteiger partial charge on any atom is -0.496 e. The average Bonchev–Trinajstić information content (AvgIpc) is 2.77. The SMILES string of the molecule is COc1ccccc1-c1ncc(C#N)[nH]1. The third kappa shape index (κ3) is 1.67. The Morgan fingerprint density at radius 1 is 1.40 bits per heavy atom. The van der Waals surface area contributed by atoms with Crippen molar-refractivity contribution >= 4 is 0 Å². The number of H-pyrrole nitrogens is 1. The number of nitrogens with one attached hydrogen (secondary N) is 1. The predicted molar refractivity (Wildman–Crippen MR) is 55.3 cm³/mol. The van der Waals surface area contributed by atoms with Gasteiger partial charge in [0.2, 0.25) is 0 Å². The predicted octanol–water partition coefficient (Wildman–Crippen LogP) is 1.96. The maximum Gasteiger partial charge on any atom is 0.142 e. The summed E-state index contributed by atoms with van der Waals surface area (Å²) in [6, 6.07) is 9.52. The molecule has 0 fully saturated rings. The molecule has 0 bridgehead atoms. The Morgan fingerprint density at radius 3 is 2.87 bits per heavy atom. The fraction of sp³-hybridized carbons (Fsp3) is 0.0909. The van der Waals surface area contributed by atoms with Crippen LogP contribution in [0.5, 0.6) is 5.75 Å². The average molecular weight is 199 g/mol. The van der Waals surface area contributed by atoms with Crippen molar-refractivity contribution in [3.8, 4) is 23.2 Å². The molecule has 2 aromatic rings. The van der Waals surface area contributed by atoms with Crippen LogP contribution in [-0.4, -0.2) is 17.1 Å². The lowest BCUT2D eigenvalue weighted by Crippen LogP contribution is -1.88. The highest BCUT2D eigenvalue weighted by Crippen LogP contribution is 2.26. The Hall–Kier alpha value is -2.28. The first-order valence-electron chi connectivity index (χ1n) is 4.43. The van der Waals surface area contributed by atoms with Gasteiger partial charge >= 0.3 is 0 Å². The van der Waals surface area contributed by atoms with Crippen LogP contribution in [0.4, 0.5) is 0 Å². The van der Waals surface area contributed by atoms with E-state index >= 15 is 0 Å². The summed E-state index contributed by atoms with van der Waals surface area (Å²) in [5.41, 5.74) is 1.29. The first-order chi connectivity index (χ1) is 7.35. The van der Waals surface area contributed by atoms with E-state index in [2.05, 4.69) is 9.97 Å². The molecule has 0 aliphatic rings. The summed E-state index contributed by atoms with van der Waals surface area (Å²) < 4.78 is 5.20. The van der Waals surface area contributed by atoms with Crippen molar-refractivity contribution in [2.45, 2.75) is 0 Å². The van der Waals surface area contributed by atoms with Gasteiger partial charge in [0, 0.05) is 0 Å². The lowest BCUT2D eigenvalue weighted by molar-refractivity contribution is 0.416. The second-order valence-electron chi connectivity index (χ2n) is 2.96. The van der Waals surface area contributed by atoms with E-state index in [0.29, 0.717) is 11.5 Å². The molecule has 0 radical (unpaired) electrons. The summed E-state index contributed by atoms with van der Waals surface area (Å²) in [5.74, 6) is 1.38. The zero-order valence-electron chi connectivity index (χ0n) is 8.19. The third-order valence-corrected chi connectivity index (χ3v) is 2.06. The van der Waals surface area contributed by atoms with Gasteiger partial charge in [0.15, 0.2) is 0 Å². The Morgan fingerprint density at radius 2 is 2.20 bits per heavy atom. The molecular weight excluding hydrogens is 190 g/mol. The van der Waals surface area contributed by atoms with Crippen LogP contribution in [0.15, 0.2) is 30.5 Å². The number of nitriles is 1. The first-order valence-corrected chi connectivity index (χ1v) is 4.43.